The monoisotopic (exact) mass is 469 g/mol. The van der Waals surface area contributed by atoms with Crippen LogP contribution in [0.25, 0.3) is 0 Å². The second-order valence-corrected chi connectivity index (χ2v) is 8.10. The number of carbonyl (C=O) groups is 2. The summed E-state index contributed by atoms with van der Waals surface area (Å²) in [7, 11) is 2.76. The summed E-state index contributed by atoms with van der Waals surface area (Å²) in [6.45, 7) is 0.547. The molecule has 1 aliphatic heterocycles. The molecule has 0 saturated heterocycles. The SMILES string of the molecule is COc1cc(C(=O)N2CCc3nc(NC(=O)c4ccccn4)sc3C2)c([N+](=O)[O-])cc1OC. The molecule has 3 aromatic rings. The Balaban J connectivity index is 1.55. The average Bonchev–Trinajstić information content (AvgIpc) is 3.24. The third-order valence-corrected chi connectivity index (χ3v) is 6.06. The number of nitrogens with one attached hydrogen (secondary N) is 1. The Morgan fingerprint density at radius 3 is 2.64 bits per heavy atom. The van der Waals surface area contributed by atoms with E-state index in [0.717, 1.165) is 10.6 Å². The molecule has 2 aromatic heterocycles. The van der Waals surface area contributed by atoms with Crippen LogP contribution < -0.4 is 14.8 Å². The van der Waals surface area contributed by atoms with Gasteiger partial charge in [-0.2, -0.15) is 0 Å². The topological polar surface area (TPSA) is 137 Å². The van der Waals surface area contributed by atoms with Crippen LogP contribution in [-0.4, -0.2) is 52.4 Å². The van der Waals surface area contributed by atoms with Crippen molar-refractivity contribution in [2.24, 2.45) is 0 Å². The van der Waals surface area contributed by atoms with Crippen LogP contribution in [0.5, 0.6) is 11.5 Å². The molecule has 33 heavy (non-hydrogen) atoms. The van der Waals surface area contributed by atoms with Crippen molar-refractivity contribution in [3.63, 3.8) is 0 Å². The maximum absolute atomic E-state index is 13.2. The average molecular weight is 469 g/mol. The molecule has 170 valence electrons. The number of benzene rings is 1. The lowest BCUT2D eigenvalue weighted by atomic mass is 10.1. The first-order chi connectivity index (χ1) is 15.9. The Morgan fingerprint density at radius 1 is 1.21 bits per heavy atom. The molecule has 0 spiro atoms. The van der Waals surface area contributed by atoms with Crippen molar-refractivity contribution in [1.29, 1.82) is 0 Å². The lowest BCUT2D eigenvalue weighted by molar-refractivity contribution is -0.385. The van der Waals surface area contributed by atoms with Crippen LogP contribution in [0, 0.1) is 10.1 Å². The molecule has 0 unspecified atom stereocenters. The molecule has 0 atom stereocenters. The number of hydrogen-bond donors (Lipinski definition) is 1. The van der Waals surface area contributed by atoms with E-state index in [9.17, 15) is 19.7 Å². The van der Waals surface area contributed by atoms with E-state index >= 15 is 0 Å². The quantitative estimate of drug-likeness (QED) is 0.430. The normalized spacial score (nSPS) is 12.6. The first-order valence-electron chi connectivity index (χ1n) is 9.82. The minimum absolute atomic E-state index is 0.0886. The highest BCUT2D eigenvalue weighted by atomic mass is 32.1. The van der Waals surface area contributed by atoms with Gasteiger partial charge in [0.05, 0.1) is 37.4 Å². The van der Waals surface area contributed by atoms with Crippen LogP contribution in [0.3, 0.4) is 0 Å². The molecular weight excluding hydrogens is 450 g/mol. The number of ether oxygens (including phenoxy) is 2. The number of methoxy groups -OCH3 is 2. The zero-order valence-electron chi connectivity index (χ0n) is 17.7. The summed E-state index contributed by atoms with van der Waals surface area (Å²) in [6, 6.07) is 7.53. The molecule has 0 fully saturated rings. The van der Waals surface area contributed by atoms with Crippen LogP contribution in [0.15, 0.2) is 36.5 Å². The fourth-order valence-electron chi connectivity index (χ4n) is 3.44. The second kappa shape index (κ2) is 9.20. The zero-order valence-corrected chi connectivity index (χ0v) is 18.5. The van der Waals surface area contributed by atoms with Gasteiger partial charge in [-0.05, 0) is 12.1 Å². The second-order valence-electron chi connectivity index (χ2n) is 7.02. The Labute approximate surface area is 192 Å². The standard InChI is InChI=1S/C21H19N5O6S/c1-31-16-9-12(15(26(29)30)10-17(16)32-2)20(28)25-8-6-13-18(11-25)33-21(23-13)24-19(27)14-5-3-4-7-22-14/h3-5,7,9-10H,6,8,11H2,1-2H3,(H,23,24,27). The summed E-state index contributed by atoms with van der Waals surface area (Å²) < 4.78 is 10.3. The van der Waals surface area contributed by atoms with E-state index in [2.05, 4.69) is 15.3 Å². The summed E-state index contributed by atoms with van der Waals surface area (Å²) in [5.41, 5.74) is 0.593. The van der Waals surface area contributed by atoms with E-state index in [1.165, 1.54) is 48.8 Å². The van der Waals surface area contributed by atoms with Gasteiger partial charge in [-0.25, -0.2) is 4.98 Å². The number of anilines is 1. The highest BCUT2D eigenvalue weighted by Gasteiger charge is 2.31. The van der Waals surface area contributed by atoms with Crippen molar-refractivity contribution in [3.05, 3.63) is 68.5 Å². The number of amides is 2. The van der Waals surface area contributed by atoms with Crippen molar-refractivity contribution in [3.8, 4) is 11.5 Å². The first-order valence-corrected chi connectivity index (χ1v) is 10.6. The van der Waals surface area contributed by atoms with Gasteiger partial charge in [0.15, 0.2) is 16.6 Å². The largest absolute Gasteiger partial charge is 0.493 e. The summed E-state index contributed by atoms with van der Waals surface area (Å²) in [6.07, 6.45) is 1.98. The lowest BCUT2D eigenvalue weighted by Gasteiger charge is -2.26. The van der Waals surface area contributed by atoms with E-state index < -0.39 is 10.8 Å². The molecule has 2 amide bonds. The zero-order chi connectivity index (χ0) is 23.5. The third kappa shape index (κ3) is 4.46. The predicted octanol–water partition coefficient (Wildman–Crippen LogP) is 2.91. The minimum atomic E-state index is -0.622. The number of fused-ring (bicyclic) bond motifs is 1. The lowest BCUT2D eigenvalue weighted by Crippen LogP contribution is -2.35. The molecule has 11 nitrogen and oxygen atoms in total. The highest BCUT2D eigenvalue weighted by Crippen LogP contribution is 2.36. The number of rotatable bonds is 6. The fourth-order valence-corrected chi connectivity index (χ4v) is 4.46. The number of hydrogen-bond acceptors (Lipinski definition) is 9. The van der Waals surface area contributed by atoms with Crippen molar-refractivity contribution in [2.75, 3.05) is 26.1 Å². The molecule has 1 aliphatic rings. The van der Waals surface area contributed by atoms with Gasteiger partial charge in [0.25, 0.3) is 17.5 Å². The molecular formula is C21H19N5O6S. The van der Waals surface area contributed by atoms with Crippen LogP contribution in [0.1, 0.15) is 31.4 Å². The molecule has 0 bridgehead atoms. The van der Waals surface area contributed by atoms with Gasteiger partial charge in [-0.3, -0.25) is 30.0 Å². The number of pyridine rings is 1. The van der Waals surface area contributed by atoms with E-state index in [1.807, 2.05) is 0 Å². The van der Waals surface area contributed by atoms with Gasteiger partial charge in [0.2, 0.25) is 0 Å². The summed E-state index contributed by atoms with van der Waals surface area (Å²) in [5, 5.41) is 14.7. The van der Waals surface area contributed by atoms with Crippen LogP contribution in [0.2, 0.25) is 0 Å². The molecule has 4 rings (SSSR count). The molecule has 12 heteroatoms. The maximum atomic E-state index is 13.2. The Bertz CT molecular complexity index is 1230. The predicted molar refractivity (Wildman–Crippen MR) is 119 cm³/mol. The maximum Gasteiger partial charge on any atom is 0.286 e. The number of aromatic nitrogens is 2. The smallest absolute Gasteiger partial charge is 0.286 e. The summed E-state index contributed by atoms with van der Waals surface area (Å²) in [5.74, 6) is -0.491. The number of thiazole rings is 1. The van der Waals surface area contributed by atoms with Crippen molar-refractivity contribution in [1.82, 2.24) is 14.9 Å². The van der Waals surface area contributed by atoms with Gasteiger partial charge in [0.1, 0.15) is 11.3 Å². The van der Waals surface area contributed by atoms with Crippen molar-refractivity contribution in [2.45, 2.75) is 13.0 Å². The number of nitrogens with zero attached hydrogens (tertiary/aromatic N) is 4. The minimum Gasteiger partial charge on any atom is -0.493 e. The van der Waals surface area contributed by atoms with Crippen LogP contribution in [-0.2, 0) is 13.0 Å². The van der Waals surface area contributed by atoms with Gasteiger partial charge in [-0.15, -0.1) is 0 Å². The number of nitro groups is 1. The van der Waals surface area contributed by atoms with Gasteiger partial charge in [0, 0.05) is 30.1 Å². The van der Waals surface area contributed by atoms with Crippen LogP contribution in [0.4, 0.5) is 10.8 Å². The third-order valence-electron chi connectivity index (χ3n) is 5.07. The Hall–Kier alpha value is -4.06. The molecule has 0 radical (unpaired) electrons. The molecule has 0 saturated carbocycles. The molecule has 0 aliphatic carbocycles. The van der Waals surface area contributed by atoms with Gasteiger partial charge in [-0.1, -0.05) is 17.4 Å². The summed E-state index contributed by atoms with van der Waals surface area (Å²) in [4.78, 5) is 47.3. The van der Waals surface area contributed by atoms with Crippen molar-refractivity contribution < 1.29 is 24.0 Å². The van der Waals surface area contributed by atoms with Crippen LogP contribution >= 0.6 is 11.3 Å². The molecule has 1 N–H and O–H groups in total. The highest BCUT2D eigenvalue weighted by molar-refractivity contribution is 7.15. The Kier molecular flexibility index (Phi) is 6.18. The van der Waals surface area contributed by atoms with E-state index in [1.54, 1.807) is 18.2 Å². The van der Waals surface area contributed by atoms with E-state index in [0.29, 0.717) is 18.1 Å². The first kappa shape index (κ1) is 22.1. The molecule has 3 heterocycles. The van der Waals surface area contributed by atoms with E-state index in [4.69, 9.17) is 9.47 Å². The van der Waals surface area contributed by atoms with Crippen molar-refractivity contribution >= 4 is 34.0 Å². The van der Waals surface area contributed by atoms with Gasteiger partial charge < -0.3 is 14.4 Å². The number of nitro benzene ring substituents is 1. The van der Waals surface area contributed by atoms with E-state index in [-0.39, 0.29) is 40.9 Å². The fraction of sp³-hybridized carbons (Fsp3) is 0.238. The molecule has 1 aromatic carbocycles. The van der Waals surface area contributed by atoms with Gasteiger partial charge >= 0.3 is 0 Å². The summed E-state index contributed by atoms with van der Waals surface area (Å²) >= 11 is 1.26. The Morgan fingerprint density at radius 2 is 1.97 bits per heavy atom. The number of carbonyl (C=O) groups excluding carboxylic acids is 2.